The molecule has 2 rings (SSSR count). The largest absolute Gasteiger partial charge is 0.387 e. The number of benzene rings is 1. The lowest BCUT2D eigenvalue weighted by Gasteiger charge is -2.21. The van der Waals surface area contributed by atoms with E-state index in [1.807, 2.05) is 0 Å². The molecule has 0 aliphatic carbocycles. The zero-order valence-corrected chi connectivity index (χ0v) is 12.8. The maximum absolute atomic E-state index is 4.16. The van der Waals surface area contributed by atoms with Crippen molar-refractivity contribution < 1.29 is 0 Å². The molecule has 0 unspecified atom stereocenters. The molecule has 0 saturated carbocycles. The Hall–Kier alpha value is -1.32. The van der Waals surface area contributed by atoms with Gasteiger partial charge in [-0.05, 0) is 29.7 Å². The van der Waals surface area contributed by atoms with Crippen LogP contribution < -0.4 is 16.0 Å². The van der Waals surface area contributed by atoms with Gasteiger partial charge in [0.05, 0.1) is 0 Å². The zero-order valence-electron chi connectivity index (χ0n) is 12.8. The van der Waals surface area contributed by atoms with Crippen LogP contribution >= 0.6 is 0 Å². The van der Waals surface area contributed by atoms with Crippen molar-refractivity contribution in [3.8, 4) is 0 Å². The van der Waals surface area contributed by atoms with Gasteiger partial charge in [0.25, 0.3) is 0 Å². The fourth-order valence-electron chi connectivity index (χ4n) is 2.67. The molecule has 0 radical (unpaired) electrons. The van der Waals surface area contributed by atoms with Crippen molar-refractivity contribution in [1.29, 1.82) is 0 Å². The van der Waals surface area contributed by atoms with Gasteiger partial charge in [-0.2, -0.15) is 0 Å². The summed E-state index contributed by atoms with van der Waals surface area (Å²) >= 11 is 0. The average Bonchev–Trinajstić information content (AvgIpc) is 2.44. The minimum atomic E-state index is 0.540. The molecule has 0 fully saturated rings. The molecular weight excluding hydrogens is 246 g/mol. The summed E-state index contributed by atoms with van der Waals surface area (Å²) in [5.74, 6) is 0. The molecule has 0 aromatic heterocycles. The molecule has 20 heavy (non-hydrogen) atoms. The summed E-state index contributed by atoms with van der Waals surface area (Å²) in [6, 6.07) is 7.17. The van der Waals surface area contributed by atoms with Gasteiger partial charge in [0.1, 0.15) is 0 Å². The number of allylic oxidation sites excluding steroid dienone is 1. The molecule has 0 bridgehead atoms. The van der Waals surface area contributed by atoms with Crippen LogP contribution in [-0.4, -0.2) is 25.7 Å². The van der Waals surface area contributed by atoms with Crippen LogP contribution in [0.25, 0.3) is 0 Å². The smallest absolute Gasteiger partial charge is 0.0269 e. The van der Waals surface area contributed by atoms with E-state index in [2.05, 4.69) is 54.6 Å². The minimum Gasteiger partial charge on any atom is -0.387 e. The average molecular weight is 273 g/mol. The molecule has 110 valence electrons. The van der Waals surface area contributed by atoms with Crippen molar-refractivity contribution in [2.75, 3.05) is 19.6 Å². The van der Waals surface area contributed by atoms with Gasteiger partial charge in [-0.15, -0.1) is 0 Å². The van der Waals surface area contributed by atoms with Gasteiger partial charge in [0.15, 0.2) is 0 Å². The number of nitrogens with one attached hydrogen (secondary N) is 3. The molecule has 1 aliphatic heterocycles. The monoisotopic (exact) mass is 273 g/mol. The number of rotatable bonds is 7. The summed E-state index contributed by atoms with van der Waals surface area (Å²) in [4.78, 5) is 0. The van der Waals surface area contributed by atoms with E-state index >= 15 is 0 Å². The minimum absolute atomic E-state index is 0.540. The van der Waals surface area contributed by atoms with Crippen LogP contribution in [0, 0.1) is 0 Å². The summed E-state index contributed by atoms with van der Waals surface area (Å²) in [6.45, 7) is 12.5. The highest BCUT2D eigenvalue weighted by Gasteiger charge is 2.12. The summed E-state index contributed by atoms with van der Waals surface area (Å²) < 4.78 is 0. The Morgan fingerprint density at radius 3 is 3.00 bits per heavy atom. The van der Waals surface area contributed by atoms with E-state index in [0.717, 1.165) is 44.7 Å². The molecule has 3 heteroatoms. The molecule has 1 heterocycles. The molecule has 3 N–H and O–H groups in total. The third-order valence-corrected chi connectivity index (χ3v) is 3.69. The first-order chi connectivity index (χ1) is 9.66. The van der Waals surface area contributed by atoms with Crippen LogP contribution in [0.1, 0.15) is 30.5 Å². The second-order valence-electron chi connectivity index (χ2n) is 5.80. The number of fused-ring (bicyclic) bond motifs is 1. The highest BCUT2D eigenvalue weighted by atomic mass is 15.0. The second-order valence-corrected chi connectivity index (χ2v) is 5.80. The molecule has 0 saturated heterocycles. The standard InChI is InChI=1S/C17H27N3/c1-13(2)19-9-10-20-14(3)11-15-5-4-6-16-12-18-8-7-17(15)16/h4-6,13,18-20H,3,7-12H2,1-2H3. The molecule has 1 aliphatic rings. The van der Waals surface area contributed by atoms with Crippen molar-refractivity contribution in [3.63, 3.8) is 0 Å². The van der Waals surface area contributed by atoms with Crippen molar-refractivity contribution in [2.24, 2.45) is 0 Å². The van der Waals surface area contributed by atoms with Crippen LogP contribution in [0.2, 0.25) is 0 Å². The van der Waals surface area contributed by atoms with Gasteiger partial charge in [0, 0.05) is 37.8 Å². The van der Waals surface area contributed by atoms with E-state index < -0.39 is 0 Å². The maximum atomic E-state index is 4.16. The third kappa shape index (κ3) is 4.36. The fraction of sp³-hybridized carbons (Fsp3) is 0.529. The first-order valence-electron chi connectivity index (χ1n) is 7.62. The van der Waals surface area contributed by atoms with E-state index in [0.29, 0.717) is 6.04 Å². The van der Waals surface area contributed by atoms with Crippen molar-refractivity contribution in [2.45, 2.75) is 39.3 Å². The van der Waals surface area contributed by atoms with Crippen LogP contribution in [0.5, 0.6) is 0 Å². The SMILES string of the molecule is C=C(Cc1cccc2c1CCNC2)NCCNC(C)C. The van der Waals surface area contributed by atoms with E-state index in [1.165, 1.54) is 16.7 Å². The quantitative estimate of drug-likeness (QED) is 0.665. The van der Waals surface area contributed by atoms with Crippen molar-refractivity contribution in [3.05, 3.63) is 47.2 Å². The lowest BCUT2D eigenvalue weighted by atomic mass is 9.93. The molecule has 0 amide bonds. The maximum Gasteiger partial charge on any atom is 0.0269 e. The van der Waals surface area contributed by atoms with Crippen LogP contribution in [0.3, 0.4) is 0 Å². The predicted molar refractivity (Wildman–Crippen MR) is 85.8 cm³/mol. The van der Waals surface area contributed by atoms with Gasteiger partial charge in [-0.3, -0.25) is 0 Å². The Morgan fingerprint density at radius 1 is 1.35 bits per heavy atom. The number of hydrogen-bond acceptors (Lipinski definition) is 3. The highest BCUT2D eigenvalue weighted by molar-refractivity contribution is 5.38. The lowest BCUT2D eigenvalue weighted by Crippen LogP contribution is -2.31. The second kappa shape index (κ2) is 7.46. The summed E-state index contributed by atoms with van der Waals surface area (Å²) in [5.41, 5.74) is 5.51. The van der Waals surface area contributed by atoms with Crippen LogP contribution in [0.4, 0.5) is 0 Å². The fourth-order valence-corrected chi connectivity index (χ4v) is 2.67. The summed E-state index contributed by atoms with van der Waals surface area (Å²) in [7, 11) is 0. The molecule has 0 spiro atoms. The molecular formula is C17H27N3. The highest BCUT2D eigenvalue weighted by Crippen LogP contribution is 2.20. The van der Waals surface area contributed by atoms with E-state index in [4.69, 9.17) is 0 Å². The number of hydrogen-bond donors (Lipinski definition) is 3. The van der Waals surface area contributed by atoms with Gasteiger partial charge in [0.2, 0.25) is 0 Å². The topological polar surface area (TPSA) is 36.1 Å². The first kappa shape index (κ1) is 15.1. The Morgan fingerprint density at radius 2 is 2.20 bits per heavy atom. The van der Waals surface area contributed by atoms with Crippen LogP contribution in [0.15, 0.2) is 30.5 Å². The molecule has 1 aromatic carbocycles. The molecule has 1 aromatic rings. The Kier molecular flexibility index (Phi) is 5.62. The van der Waals surface area contributed by atoms with Gasteiger partial charge >= 0.3 is 0 Å². The summed E-state index contributed by atoms with van der Waals surface area (Å²) in [6.07, 6.45) is 2.07. The zero-order chi connectivity index (χ0) is 14.4. The van der Waals surface area contributed by atoms with E-state index in [9.17, 15) is 0 Å². The van der Waals surface area contributed by atoms with E-state index in [-0.39, 0.29) is 0 Å². The predicted octanol–water partition coefficient (Wildman–Crippen LogP) is 1.98. The van der Waals surface area contributed by atoms with Gasteiger partial charge < -0.3 is 16.0 Å². The van der Waals surface area contributed by atoms with Crippen molar-refractivity contribution in [1.82, 2.24) is 16.0 Å². The third-order valence-electron chi connectivity index (χ3n) is 3.69. The Labute approximate surface area is 122 Å². The Bertz CT molecular complexity index is 452. The molecule has 3 nitrogen and oxygen atoms in total. The van der Waals surface area contributed by atoms with E-state index in [1.54, 1.807) is 0 Å². The molecule has 0 atom stereocenters. The van der Waals surface area contributed by atoms with Gasteiger partial charge in [-0.25, -0.2) is 0 Å². The van der Waals surface area contributed by atoms with Crippen molar-refractivity contribution >= 4 is 0 Å². The van der Waals surface area contributed by atoms with Crippen LogP contribution in [-0.2, 0) is 19.4 Å². The first-order valence-corrected chi connectivity index (χ1v) is 7.62. The normalized spacial score (nSPS) is 14.2. The summed E-state index contributed by atoms with van der Waals surface area (Å²) in [5, 5.41) is 10.3. The Balaban J connectivity index is 1.85. The lowest BCUT2D eigenvalue weighted by molar-refractivity contribution is 0.573. The van der Waals surface area contributed by atoms with Gasteiger partial charge in [-0.1, -0.05) is 38.6 Å².